The van der Waals surface area contributed by atoms with Gasteiger partial charge >= 0.3 is 0 Å². The number of para-hydroxylation sites is 8. The highest BCUT2D eigenvalue weighted by atomic mass is 32.1. The summed E-state index contributed by atoms with van der Waals surface area (Å²) in [5, 5.41) is 23.8. The van der Waals surface area contributed by atoms with Crippen molar-refractivity contribution >= 4 is 238 Å². The maximum absolute atomic E-state index is 6.73. The molecule has 10 heteroatoms. The Morgan fingerprint density at radius 3 is 0.993 bits per heavy atom. The van der Waals surface area contributed by atoms with Gasteiger partial charge in [-0.15, -0.1) is 22.7 Å². The van der Waals surface area contributed by atoms with Gasteiger partial charge in [0, 0.05) is 188 Å². The van der Waals surface area contributed by atoms with Crippen molar-refractivity contribution in [1.29, 1.82) is 0 Å². The van der Waals surface area contributed by atoms with Crippen molar-refractivity contribution in [2.75, 3.05) is 0 Å². The zero-order valence-corrected chi connectivity index (χ0v) is 80.1. The third kappa shape index (κ3) is 12.3. The molecule has 0 bridgehead atoms. The number of hydrogen-bond acceptors (Lipinski definition) is 7. The molecule has 0 unspecified atom stereocenters. The maximum atomic E-state index is 6.73. The van der Waals surface area contributed by atoms with Crippen LogP contribution in [-0.4, -0.2) is 13.7 Å². The van der Waals surface area contributed by atoms with Crippen LogP contribution in [0.5, 0.6) is 0 Å². The number of nitrogens with zero attached hydrogens (tertiary/aromatic N) is 3. The molecule has 10 heterocycles. The largest absolute Gasteiger partial charge is 0.456 e. The van der Waals surface area contributed by atoms with Gasteiger partial charge in [0.2, 0.25) is 0 Å². The molecule has 0 N–H and O–H groups in total. The topological polar surface area (TPSA) is 80.5 Å². The smallest absolute Gasteiger partial charge is 0.143 e. The average Bonchev–Trinajstić information content (AvgIpc) is 1.53. The quantitative estimate of drug-likeness (QED) is 0.151. The highest BCUT2D eigenvalue weighted by Gasteiger charge is 2.37. The summed E-state index contributed by atoms with van der Waals surface area (Å²) in [7, 11) is 0. The molecule has 145 heavy (non-hydrogen) atoms. The molecule has 0 spiro atoms. The van der Waals surface area contributed by atoms with Gasteiger partial charge in [0.1, 0.15) is 55.8 Å². The van der Waals surface area contributed by atoms with E-state index in [1.807, 2.05) is 46.9 Å². The highest BCUT2D eigenvalue weighted by molar-refractivity contribution is 7.26. The second-order valence-electron chi connectivity index (χ2n) is 39.0. The first-order valence-corrected chi connectivity index (χ1v) is 51.1. The van der Waals surface area contributed by atoms with Gasteiger partial charge in [-0.05, 0) is 178 Å². The van der Waals surface area contributed by atoms with Gasteiger partial charge in [-0.25, -0.2) is 0 Å². The van der Waals surface area contributed by atoms with E-state index in [0.29, 0.717) is 0 Å². The first-order valence-electron chi connectivity index (χ1n) is 49.4. The summed E-state index contributed by atoms with van der Waals surface area (Å²) < 4.78 is 45.2. The van der Waals surface area contributed by atoms with Gasteiger partial charge in [-0.3, -0.25) is 0 Å². The number of hydrogen-bond donors (Lipinski definition) is 0. The van der Waals surface area contributed by atoms with Crippen LogP contribution in [0.2, 0.25) is 0 Å². The Bertz CT molecular complexity index is 11000. The van der Waals surface area contributed by atoms with E-state index in [1.165, 1.54) is 150 Å². The lowest BCUT2D eigenvalue weighted by Crippen LogP contribution is -2.14. The predicted octanol–water partition coefficient (Wildman–Crippen LogP) is 39.2. The monoisotopic (exact) mass is 1890 g/mol. The van der Waals surface area contributed by atoms with Crippen molar-refractivity contribution in [3.8, 4) is 83.8 Å². The van der Waals surface area contributed by atoms with E-state index < -0.39 is 0 Å². The Morgan fingerprint density at radius 2 is 0.503 bits per heavy atom. The molecule has 8 nitrogen and oxygen atoms in total. The number of furan rings is 5. The highest BCUT2D eigenvalue weighted by Crippen LogP contribution is 2.54. The Labute approximate surface area is 836 Å². The normalized spacial score (nSPS) is 12.7. The zero-order chi connectivity index (χ0) is 95.1. The van der Waals surface area contributed by atoms with E-state index in [0.717, 1.165) is 160 Å². The molecule has 0 aliphatic heterocycles. The van der Waals surface area contributed by atoms with Crippen LogP contribution in [0.1, 0.15) is 25.0 Å². The number of thiophene rings is 2. The fourth-order valence-electron chi connectivity index (χ4n) is 24.1. The Hall–Kier alpha value is -18.3. The van der Waals surface area contributed by atoms with E-state index in [9.17, 15) is 0 Å². The van der Waals surface area contributed by atoms with Gasteiger partial charge in [0.05, 0.1) is 33.1 Å². The second-order valence-corrected chi connectivity index (χ2v) is 41.1. The molecule has 10 aromatic heterocycles. The van der Waals surface area contributed by atoms with Crippen molar-refractivity contribution in [1.82, 2.24) is 13.7 Å². The lowest BCUT2D eigenvalue weighted by Gasteiger charge is -2.21. The summed E-state index contributed by atoms with van der Waals surface area (Å²) in [5.74, 6) is 0. The van der Waals surface area contributed by atoms with Crippen LogP contribution in [0.4, 0.5) is 0 Å². The van der Waals surface area contributed by atoms with Crippen LogP contribution in [0.3, 0.4) is 0 Å². The van der Waals surface area contributed by atoms with Gasteiger partial charge in [-0.2, -0.15) is 0 Å². The molecule has 0 saturated carbocycles. The van der Waals surface area contributed by atoms with Crippen LogP contribution < -0.4 is 0 Å². The van der Waals surface area contributed by atoms with Crippen molar-refractivity contribution in [3.63, 3.8) is 0 Å². The Balaban J connectivity index is 0.0000000991. The lowest BCUT2D eigenvalue weighted by atomic mass is 9.82. The molecular weight excluding hydrogens is 1810 g/mol. The van der Waals surface area contributed by atoms with Gasteiger partial charge in [0.25, 0.3) is 0 Å². The molecule has 33 rings (SSSR count). The molecule has 678 valence electrons. The first kappa shape index (κ1) is 81.5. The van der Waals surface area contributed by atoms with E-state index >= 15 is 0 Å². The van der Waals surface area contributed by atoms with Gasteiger partial charge < -0.3 is 35.8 Å². The fourth-order valence-corrected chi connectivity index (χ4v) is 26.6. The number of aromatic nitrogens is 3. The molecule has 1 aliphatic carbocycles. The summed E-state index contributed by atoms with van der Waals surface area (Å²) >= 11 is 3.72. The third-order valence-electron chi connectivity index (χ3n) is 30.8. The fraction of sp³-hybridized carbons (Fsp3) is 0.0222. The van der Waals surface area contributed by atoms with Crippen LogP contribution in [-0.2, 0) is 5.41 Å². The SMILES string of the molecule is CC1(C)c2ccccc2-c2cc3c4ccccc4n(-c4ccc5oc6c(-c7cccc8c7sc7ccccc78)cccc6c5c4)c3cc21.c1ccc(-c2ccc3c(c2)c2cc(-c4ccccc4)ccc2n3-c2ccc3oc4c(-c5cccc6c5sc5ccccc56)cccc4c3c2)cc1.c1ccc2c(c1)oc1cc3c(cc12)c1ccccc1n3-c1ccc2oc3c(-c4cccc5c4oc4ccccc45)cccc3c2c1. The first-order chi connectivity index (χ1) is 71.6. The maximum Gasteiger partial charge on any atom is 0.143 e. The van der Waals surface area contributed by atoms with Crippen molar-refractivity contribution in [2.45, 2.75) is 19.3 Å². The molecule has 0 radical (unpaired) electrons. The lowest BCUT2D eigenvalue weighted by molar-refractivity contribution is 0.661. The van der Waals surface area contributed by atoms with E-state index in [-0.39, 0.29) is 5.41 Å². The van der Waals surface area contributed by atoms with Crippen LogP contribution >= 0.6 is 22.7 Å². The van der Waals surface area contributed by atoms with Crippen molar-refractivity contribution < 1.29 is 22.1 Å². The summed E-state index contributed by atoms with van der Waals surface area (Å²) in [6.45, 7) is 4.72. The molecule has 32 aromatic rings. The molecule has 0 amide bonds. The molecule has 0 saturated heterocycles. The van der Waals surface area contributed by atoms with Crippen molar-refractivity contribution in [2.24, 2.45) is 0 Å². The summed E-state index contributed by atoms with van der Waals surface area (Å²) in [6.07, 6.45) is 0. The molecule has 1 aliphatic rings. The Kier molecular flexibility index (Phi) is 17.6. The zero-order valence-electron chi connectivity index (χ0n) is 78.5. The number of rotatable bonds is 8. The minimum Gasteiger partial charge on any atom is -0.456 e. The average molecular weight is 1890 g/mol. The van der Waals surface area contributed by atoms with Crippen LogP contribution in [0.15, 0.2) is 477 Å². The Morgan fingerprint density at radius 1 is 0.172 bits per heavy atom. The summed E-state index contributed by atoms with van der Waals surface area (Å²) in [5.41, 5.74) is 36.3. The molecular formula is C135H81N3O5S2. The summed E-state index contributed by atoms with van der Waals surface area (Å²) in [6, 6.07) is 164. The standard InChI is InChI=1S/C48H29NOS.C45H29NOS.C42H23NO3/c1-3-11-30(12-4-1)32-21-24-43-40(27-32)41-28-33(31-13-5-2-6-14-31)22-25-44(41)49(43)34-23-26-45-42(29-34)37-17-9-16-36(47(37)50-45)39-19-10-18-38-35-15-7-8-20-46(35)51-48(38)39;1-45(2)37-18-6-3-11-27(37)34-24-35-28-12-4-7-19-39(28)46(40(35)25-38(34)45)26-21-22-41-36(23-26)31-15-9-14-30(43(31)47-41)33-17-10-16-32-29-13-5-8-20-42(29)48-44(32)33;1-4-16-35-25(9-1)32-22-34-27-11-3-5-17-37(27)44-40(34)23-36(32)43(35)24-19-20-39-33(21-24)31-15-8-14-30(42(31)46-39)29-13-7-12-28-26-10-2-6-18-38(26)45-41(28)29/h1-29H;3-25H,1-2H3;1-23H. The predicted molar refractivity (Wildman–Crippen MR) is 609 cm³/mol. The van der Waals surface area contributed by atoms with Crippen LogP contribution in [0.25, 0.3) is 299 Å². The minimum absolute atomic E-state index is 0.0697. The number of fused-ring (bicyclic) bond motifs is 33. The van der Waals surface area contributed by atoms with Gasteiger partial charge in [-0.1, -0.05) is 329 Å². The minimum atomic E-state index is -0.0697. The van der Waals surface area contributed by atoms with E-state index in [4.69, 9.17) is 22.1 Å². The van der Waals surface area contributed by atoms with E-state index in [1.54, 1.807) is 0 Å². The second kappa shape index (κ2) is 31.3. The van der Waals surface area contributed by atoms with E-state index in [2.05, 4.69) is 458 Å². The van der Waals surface area contributed by atoms with Crippen LogP contribution in [0, 0.1) is 0 Å². The molecule has 0 atom stereocenters. The van der Waals surface area contributed by atoms with Gasteiger partial charge in [0.15, 0.2) is 0 Å². The third-order valence-corrected chi connectivity index (χ3v) is 33.3. The summed E-state index contributed by atoms with van der Waals surface area (Å²) in [4.78, 5) is 0. The molecule has 0 fully saturated rings. The van der Waals surface area contributed by atoms with Crippen molar-refractivity contribution in [3.05, 3.63) is 466 Å². The molecule has 22 aromatic carbocycles. The number of benzene rings is 22.